The van der Waals surface area contributed by atoms with Crippen LogP contribution in [0.15, 0.2) is 60.7 Å². The van der Waals surface area contributed by atoms with Crippen LogP contribution in [-0.2, 0) is 0 Å². The molecule has 0 saturated carbocycles. The number of carbonyl (C=O) groups excluding carboxylic acids is 2. The quantitative estimate of drug-likeness (QED) is 0.848. The van der Waals surface area contributed by atoms with E-state index in [1.807, 2.05) is 6.07 Å². The van der Waals surface area contributed by atoms with Crippen LogP contribution in [0.25, 0.3) is 0 Å². The molecular formula is C17H16O3. The third-order valence-electron chi connectivity index (χ3n) is 3.27. The van der Waals surface area contributed by atoms with E-state index in [0.29, 0.717) is 11.1 Å². The lowest BCUT2D eigenvalue weighted by molar-refractivity contribution is 0.0560. The van der Waals surface area contributed by atoms with Crippen molar-refractivity contribution >= 4 is 11.6 Å². The minimum atomic E-state index is -1.33. The van der Waals surface area contributed by atoms with E-state index in [0.717, 1.165) is 0 Å². The Kier molecular flexibility index (Phi) is 4.43. The van der Waals surface area contributed by atoms with Crippen molar-refractivity contribution in [3.8, 4) is 0 Å². The van der Waals surface area contributed by atoms with Crippen molar-refractivity contribution in [2.24, 2.45) is 5.92 Å². The van der Waals surface area contributed by atoms with Crippen molar-refractivity contribution in [3.63, 3.8) is 0 Å². The molecule has 2 aromatic rings. The van der Waals surface area contributed by atoms with Gasteiger partial charge in [0, 0.05) is 11.1 Å². The smallest absolute Gasteiger partial charge is 0.192 e. The average Bonchev–Trinajstić information content (AvgIpc) is 2.53. The molecule has 0 fully saturated rings. The molecule has 0 aliphatic rings. The van der Waals surface area contributed by atoms with Crippen LogP contribution in [0.4, 0.5) is 0 Å². The Morgan fingerprint density at radius 3 is 1.65 bits per heavy atom. The maximum absolute atomic E-state index is 12.2. The number of ketones is 2. The molecule has 2 atom stereocenters. The number of hydrogen-bond donors (Lipinski definition) is 1. The highest BCUT2D eigenvalue weighted by molar-refractivity contribution is 6.05. The summed E-state index contributed by atoms with van der Waals surface area (Å²) in [4.78, 5) is 24.3. The van der Waals surface area contributed by atoms with Crippen LogP contribution >= 0.6 is 0 Å². The summed E-state index contributed by atoms with van der Waals surface area (Å²) >= 11 is 0. The van der Waals surface area contributed by atoms with E-state index in [4.69, 9.17) is 0 Å². The fraction of sp³-hybridized carbons (Fsp3) is 0.176. The molecule has 0 aliphatic carbocycles. The number of Topliss-reactive ketones (excluding diaryl/α,β-unsaturated/α-hetero) is 2. The number of hydrogen-bond acceptors (Lipinski definition) is 3. The van der Waals surface area contributed by atoms with Crippen molar-refractivity contribution in [3.05, 3.63) is 71.8 Å². The number of benzene rings is 2. The van der Waals surface area contributed by atoms with Gasteiger partial charge in [-0.05, 0) is 0 Å². The van der Waals surface area contributed by atoms with E-state index in [1.165, 1.54) is 0 Å². The molecule has 102 valence electrons. The Morgan fingerprint density at radius 2 is 1.20 bits per heavy atom. The molecule has 0 aliphatic heterocycles. The van der Waals surface area contributed by atoms with Gasteiger partial charge in [0.25, 0.3) is 0 Å². The van der Waals surface area contributed by atoms with E-state index in [1.54, 1.807) is 61.5 Å². The highest BCUT2D eigenvalue weighted by Gasteiger charge is 2.29. The molecule has 0 aromatic heterocycles. The second-order valence-electron chi connectivity index (χ2n) is 4.69. The highest BCUT2D eigenvalue weighted by atomic mass is 16.3. The number of aliphatic hydroxyl groups is 1. The Balaban J connectivity index is 2.15. The lowest BCUT2D eigenvalue weighted by Crippen LogP contribution is -2.33. The average molecular weight is 268 g/mol. The zero-order valence-electron chi connectivity index (χ0n) is 11.2. The van der Waals surface area contributed by atoms with Crippen LogP contribution in [0, 0.1) is 5.92 Å². The van der Waals surface area contributed by atoms with Gasteiger partial charge < -0.3 is 5.11 Å². The molecule has 0 unspecified atom stereocenters. The molecule has 0 radical (unpaired) electrons. The summed E-state index contributed by atoms with van der Waals surface area (Å²) in [6.45, 7) is 1.57. The normalized spacial score (nSPS) is 13.5. The third kappa shape index (κ3) is 3.00. The second-order valence-corrected chi connectivity index (χ2v) is 4.69. The minimum Gasteiger partial charge on any atom is -0.384 e. The fourth-order valence-electron chi connectivity index (χ4n) is 2.01. The van der Waals surface area contributed by atoms with Gasteiger partial charge in [-0.1, -0.05) is 67.6 Å². The summed E-state index contributed by atoms with van der Waals surface area (Å²) in [5, 5.41) is 10.1. The van der Waals surface area contributed by atoms with Crippen molar-refractivity contribution in [1.29, 1.82) is 0 Å². The summed E-state index contributed by atoms with van der Waals surface area (Å²) in [7, 11) is 0. The fourth-order valence-corrected chi connectivity index (χ4v) is 2.01. The Morgan fingerprint density at radius 1 is 0.800 bits per heavy atom. The number of carbonyl (C=O) groups is 2. The largest absolute Gasteiger partial charge is 0.384 e. The summed E-state index contributed by atoms with van der Waals surface area (Å²) in [5.41, 5.74) is 0.910. The Hall–Kier alpha value is -2.26. The predicted molar refractivity (Wildman–Crippen MR) is 76.7 cm³/mol. The topological polar surface area (TPSA) is 54.4 Å². The van der Waals surface area contributed by atoms with Crippen molar-refractivity contribution in [1.82, 2.24) is 0 Å². The van der Waals surface area contributed by atoms with Gasteiger partial charge >= 0.3 is 0 Å². The summed E-state index contributed by atoms with van der Waals surface area (Å²) in [6.07, 6.45) is -1.33. The van der Waals surface area contributed by atoms with Crippen LogP contribution < -0.4 is 0 Å². The van der Waals surface area contributed by atoms with Gasteiger partial charge in [0.1, 0.15) is 6.10 Å². The van der Waals surface area contributed by atoms with Gasteiger partial charge in [-0.15, -0.1) is 0 Å². The summed E-state index contributed by atoms with van der Waals surface area (Å²) in [5.74, 6) is -1.44. The SMILES string of the molecule is C[C@H](C(=O)c1ccccc1)[C@H](O)C(=O)c1ccccc1. The van der Waals surface area contributed by atoms with Crippen molar-refractivity contribution in [2.45, 2.75) is 13.0 Å². The molecule has 0 saturated heterocycles. The monoisotopic (exact) mass is 268 g/mol. The van der Waals surface area contributed by atoms with E-state index in [9.17, 15) is 14.7 Å². The van der Waals surface area contributed by atoms with Crippen LogP contribution in [0.3, 0.4) is 0 Å². The second kappa shape index (κ2) is 6.26. The molecule has 3 heteroatoms. The Labute approximate surface area is 117 Å². The molecule has 2 aromatic carbocycles. The Bertz CT molecular complexity index is 535. The lowest BCUT2D eigenvalue weighted by Gasteiger charge is -2.16. The minimum absolute atomic E-state index is 0.234. The molecule has 0 spiro atoms. The van der Waals surface area contributed by atoms with E-state index in [-0.39, 0.29) is 5.78 Å². The first-order chi connectivity index (χ1) is 9.61. The van der Waals surface area contributed by atoms with E-state index in [2.05, 4.69) is 0 Å². The van der Waals surface area contributed by atoms with Gasteiger partial charge in [-0.3, -0.25) is 9.59 Å². The third-order valence-corrected chi connectivity index (χ3v) is 3.27. The first-order valence-electron chi connectivity index (χ1n) is 6.48. The van der Waals surface area contributed by atoms with Crippen molar-refractivity contribution in [2.75, 3.05) is 0 Å². The molecule has 0 amide bonds. The van der Waals surface area contributed by atoms with Crippen LogP contribution in [-0.4, -0.2) is 22.8 Å². The summed E-state index contributed by atoms with van der Waals surface area (Å²) < 4.78 is 0. The zero-order chi connectivity index (χ0) is 14.5. The predicted octanol–water partition coefficient (Wildman–Crippen LogP) is 2.75. The number of aliphatic hydroxyl groups excluding tert-OH is 1. The maximum atomic E-state index is 12.2. The molecule has 3 nitrogen and oxygen atoms in total. The maximum Gasteiger partial charge on any atom is 0.192 e. The molecule has 0 bridgehead atoms. The first kappa shape index (κ1) is 14.2. The van der Waals surface area contributed by atoms with E-state index < -0.39 is 17.8 Å². The van der Waals surface area contributed by atoms with Gasteiger partial charge in [0.05, 0.1) is 5.92 Å². The van der Waals surface area contributed by atoms with E-state index >= 15 is 0 Å². The molecule has 2 rings (SSSR count). The standard InChI is InChI=1S/C17H16O3/c1-12(15(18)13-8-4-2-5-9-13)16(19)17(20)14-10-6-3-7-11-14/h2-12,16,19H,1H3/t12-,16+/m1/s1. The van der Waals surface area contributed by atoms with Gasteiger partial charge in [0.2, 0.25) is 0 Å². The molecular weight excluding hydrogens is 252 g/mol. The van der Waals surface area contributed by atoms with Gasteiger partial charge in [0.15, 0.2) is 11.6 Å². The highest BCUT2D eigenvalue weighted by Crippen LogP contribution is 2.16. The molecule has 0 heterocycles. The van der Waals surface area contributed by atoms with Crippen LogP contribution in [0.2, 0.25) is 0 Å². The lowest BCUT2D eigenvalue weighted by atomic mass is 9.90. The summed E-state index contributed by atoms with van der Waals surface area (Å²) in [6, 6.07) is 17.2. The van der Waals surface area contributed by atoms with Crippen molar-refractivity contribution < 1.29 is 14.7 Å². The van der Waals surface area contributed by atoms with Gasteiger partial charge in [-0.2, -0.15) is 0 Å². The first-order valence-corrected chi connectivity index (χ1v) is 6.48. The molecule has 1 N–H and O–H groups in total. The zero-order valence-corrected chi connectivity index (χ0v) is 11.2. The van der Waals surface area contributed by atoms with Crippen LogP contribution in [0.5, 0.6) is 0 Å². The van der Waals surface area contributed by atoms with Crippen LogP contribution in [0.1, 0.15) is 27.6 Å². The van der Waals surface area contributed by atoms with Gasteiger partial charge in [-0.25, -0.2) is 0 Å². The molecule has 20 heavy (non-hydrogen) atoms. The number of rotatable bonds is 5.